The summed E-state index contributed by atoms with van der Waals surface area (Å²) in [7, 11) is 1.73. The number of pyridine rings is 1. The van der Waals surface area contributed by atoms with E-state index in [1.807, 2.05) is 16.8 Å². The molecule has 3 aromatic rings. The van der Waals surface area contributed by atoms with E-state index in [4.69, 9.17) is 0 Å². The second kappa shape index (κ2) is 6.21. The zero-order chi connectivity index (χ0) is 17.3. The van der Waals surface area contributed by atoms with Crippen molar-refractivity contribution in [1.29, 1.82) is 0 Å². The standard InChI is InChI=1S/C20H19N3O/c1-14-11-16(3)17(12-15(14)2)5-6-19-21-8-10-23(19)18-7-9-22(4)20(24)13-18/h7-13H,1-4H3. The van der Waals surface area contributed by atoms with Crippen LogP contribution >= 0.6 is 0 Å². The predicted molar refractivity (Wildman–Crippen MR) is 95.4 cm³/mol. The van der Waals surface area contributed by atoms with Crippen LogP contribution in [0.3, 0.4) is 0 Å². The molecule has 0 radical (unpaired) electrons. The van der Waals surface area contributed by atoms with E-state index < -0.39 is 0 Å². The highest BCUT2D eigenvalue weighted by Crippen LogP contribution is 2.14. The Bertz CT molecular complexity index is 1030. The van der Waals surface area contributed by atoms with Gasteiger partial charge in [-0.25, -0.2) is 4.98 Å². The van der Waals surface area contributed by atoms with Crippen LogP contribution in [0, 0.1) is 32.6 Å². The fourth-order valence-electron chi connectivity index (χ4n) is 2.51. The van der Waals surface area contributed by atoms with Gasteiger partial charge in [0.15, 0.2) is 5.82 Å². The molecule has 0 saturated heterocycles. The Labute approximate surface area is 141 Å². The summed E-state index contributed by atoms with van der Waals surface area (Å²) in [5.74, 6) is 6.94. The molecule has 4 heteroatoms. The largest absolute Gasteiger partial charge is 0.318 e. The molecule has 0 aliphatic carbocycles. The number of nitrogens with zero attached hydrogens (tertiary/aromatic N) is 3. The Morgan fingerprint density at radius 3 is 2.46 bits per heavy atom. The summed E-state index contributed by atoms with van der Waals surface area (Å²) in [4.78, 5) is 16.1. The summed E-state index contributed by atoms with van der Waals surface area (Å²) in [6.07, 6.45) is 5.24. The summed E-state index contributed by atoms with van der Waals surface area (Å²) in [5.41, 5.74) is 5.33. The molecular formula is C20H19N3O. The van der Waals surface area contributed by atoms with E-state index in [-0.39, 0.29) is 5.56 Å². The SMILES string of the molecule is Cc1cc(C)c(C#Cc2nccn2-c2ccn(C)c(=O)c2)cc1C. The predicted octanol–water partition coefficient (Wildman–Crippen LogP) is 2.90. The lowest BCUT2D eigenvalue weighted by molar-refractivity contribution is 0.850. The normalized spacial score (nSPS) is 10.3. The molecule has 2 heterocycles. The van der Waals surface area contributed by atoms with E-state index in [2.05, 4.69) is 49.7 Å². The average molecular weight is 317 g/mol. The minimum atomic E-state index is -0.0647. The second-order valence-electron chi connectivity index (χ2n) is 5.96. The molecular weight excluding hydrogens is 298 g/mol. The first-order valence-corrected chi connectivity index (χ1v) is 7.76. The lowest BCUT2D eigenvalue weighted by atomic mass is 10.0. The van der Waals surface area contributed by atoms with Gasteiger partial charge in [0, 0.05) is 37.3 Å². The zero-order valence-corrected chi connectivity index (χ0v) is 14.3. The topological polar surface area (TPSA) is 39.8 Å². The Morgan fingerprint density at radius 1 is 0.958 bits per heavy atom. The van der Waals surface area contributed by atoms with Crippen LogP contribution in [-0.2, 0) is 7.05 Å². The lowest BCUT2D eigenvalue weighted by Gasteiger charge is -2.05. The highest BCUT2D eigenvalue weighted by Gasteiger charge is 2.04. The molecule has 0 bridgehead atoms. The molecule has 0 unspecified atom stereocenters. The third-order valence-corrected chi connectivity index (χ3v) is 4.16. The third-order valence-electron chi connectivity index (χ3n) is 4.16. The lowest BCUT2D eigenvalue weighted by Crippen LogP contribution is -2.15. The van der Waals surface area contributed by atoms with Gasteiger partial charge in [0.25, 0.3) is 5.56 Å². The number of aromatic nitrogens is 3. The Balaban J connectivity index is 2.02. The number of aryl methyl sites for hydroxylation is 4. The molecule has 0 fully saturated rings. The van der Waals surface area contributed by atoms with Crippen LogP contribution in [-0.4, -0.2) is 14.1 Å². The van der Waals surface area contributed by atoms with E-state index in [0.29, 0.717) is 5.82 Å². The first kappa shape index (κ1) is 15.8. The zero-order valence-electron chi connectivity index (χ0n) is 14.3. The van der Waals surface area contributed by atoms with Crippen molar-refractivity contribution >= 4 is 0 Å². The van der Waals surface area contributed by atoms with Gasteiger partial charge in [-0.15, -0.1) is 0 Å². The minimum absolute atomic E-state index is 0.0647. The average Bonchev–Trinajstić information content (AvgIpc) is 3.01. The summed E-state index contributed by atoms with van der Waals surface area (Å²) >= 11 is 0. The molecule has 1 aromatic carbocycles. The van der Waals surface area contributed by atoms with Gasteiger partial charge in [-0.05, 0) is 55.5 Å². The first-order chi connectivity index (χ1) is 11.5. The van der Waals surface area contributed by atoms with E-state index in [1.54, 1.807) is 25.5 Å². The molecule has 0 aliphatic heterocycles. The van der Waals surface area contributed by atoms with Crippen molar-refractivity contribution in [1.82, 2.24) is 14.1 Å². The van der Waals surface area contributed by atoms with Gasteiger partial charge >= 0.3 is 0 Å². The highest BCUT2D eigenvalue weighted by molar-refractivity contribution is 5.48. The number of benzene rings is 1. The van der Waals surface area contributed by atoms with Gasteiger partial charge in [0.05, 0.1) is 5.69 Å². The Hall–Kier alpha value is -3.06. The molecule has 120 valence electrons. The number of rotatable bonds is 1. The molecule has 0 aliphatic rings. The maximum absolute atomic E-state index is 11.8. The third kappa shape index (κ3) is 3.02. The molecule has 0 saturated carbocycles. The molecule has 0 N–H and O–H groups in total. The van der Waals surface area contributed by atoms with E-state index in [0.717, 1.165) is 16.8 Å². The van der Waals surface area contributed by atoms with Crippen molar-refractivity contribution in [2.24, 2.45) is 7.05 Å². The fourth-order valence-corrected chi connectivity index (χ4v) is 2.51. The van der Waals surface area contributed by atoms with Crippen LogP contribution in [0.1, 0.15) is 28.1 Å². The van der Waals surface area contributed by atoms with Crippen molar-refractivity contribution in [3.05, 3.63) is 81.3 Å². The molecule has 3 rings (SSSR count). The Kier molecular flexibility index (Phi) is 4.09. The summed E-state index contributed by atoms with van der Waals surface area (Å²) in [6, 6.07) is 7.69. The van der Waals surface area contributed by atoms with Crippen LogP contribution in [0.5, 0.6) is 0 Å². The number of hydrogen-bond donors (Lipinski definition) is 0. The summed E-state index contributed by atoms with van der Waals surface area (Å²) in [6.45, 7) is 6.24. The van der Waals surface area contributed by atoms with Gasteiger partial charge in [0.2, 0.25) is 0 Å². The van der Waals surface area contributed by atoms with Crippen molar-refractivity contribution in [2.45, 2.75) is 20.8 Å². The van der Waals surface area contributed by atoms with Gasteiger partial charge in [-0.1, -0.05) is 12.0 Å². The van der Waals surface area contributed by atoms with Crippen LogP contribution in [0.4, 0.5) is 0 Å². The van der Waals surface area contributed by atoms with E-state index in [9.17, 15) is 4.79 Å². The van der Waals surface area contributed by atoms with Gasteiger partial charge in [-0.2, -0.15) is 0 Å². The van der Waals surface area contributed by atoms with Gasteiger partial charge < -0.3 is 4.57 Å². The fraction of sp³-hybridized carbons (Fsp3) is 0.200. The van der Waals surface area contributed by atoms with Crippen LogP contribution < -0.4 is 5.56 Å². The summed E-state index contributed by atoms with van der Waals surface area (Å²) < 4.78 is 3.36. The van der Waals surface area contributed by atoms with Crippen LogP contribution in [0.2, 0.25) is 0 Å². The van der Waals surface area contributed by atoms with Crippen molar-refractivity contribution in [2.75, 3.05) is 0 Å². The maximum atomic E-state index is 11.8. The van der Waals surface area contributed by atoms with E-state index in [1.165, 1.54) is 15.7 Å². The quantitative estimate of drug-likeness (QED) is 0.648. The number of hydrogen-bond acceptors (Lipinski definition) is 2. The molecule has 2 aromatic heterocycles. The monoisotopic (exact) mass is 317 g/mol. The van der Waals surface area contributed by atoms with Crippen molar-refractivity contribution in [3.63, 3.8) is 0 Å². The maximum Gasteiger partial charge on any atom is 0.252 e. The van der Waals surface area contributed by atoms with Gasteiger partial charge in [0.1, 0.15) is 0 Å². The smallest absolute Gasteiger partial charge is 0.252 e. The van der Waals surface area contributed by atoms with Crippen molar-refractivity contribution in [3.8, 4) is 17.5 Å². The number of imidazole rings is 1. The molecule has 0 atom stereocenters. The Morgan fingerprint density at radius 2 is 1.71 bits per heavy atom. The first-order valence-electron chi connectivity index (χ1n) is 7.76. The highest BCUT2D eigenvalue weighted by atomic mass is 16.1. The van der Waals surface area contributed by atoms with Crippen LogP contribution in [0.25, 0.3) is 5.69 Å². The van der Waals surface area contributed by atoms with Gasteiger partial charge in [-0.3, -0.25) is 9.36 Å². The van der Waals surface area contributed by atoms with E-state index >= 15 is 0 Å². The van der Waals surface area contributed by atoms with Crippen LogP contribution in [0.15, 0.2) is 47.7 Å². The second-order valence-corrected chi connectivity index (χ2v) is 5.96. The molecule has 0 spiro atoms. The summed E-state index contributed by atoms with van der Waals surface area (Å²) in [5, 5.41) is 0. The molecule has 4 nitrogen and oxygen atoms in total. The molecule has 0 amide bonds. The minimum Gasteiger partial charge on any atom is -0.318 e. The van der Waals surface area contributed by atoms with Crippen molar-refractivity contribution < 1.29 is 0 Å². The molecule has 24 heavy (non-hydrogen) atoms.